The molecule has 0 amide bonds. The predicted molar refractivity (Wildman–Crippen MR) is 75.2 cm³/mol. The summed E-state index contributed by atoms with van der Waals surface area (Å²) in [5, 5.41) is 1.72. The van der Waals surface area contributed by atoms with Crippen LogP contribution >= 0.6 is 34.8 Å². The Hall–Kier alpha value is -1.02. The summed E-state index contributed by atoms with van der Waals surface area (Å²) in [5.74, 6) is 0. The van der Waals surface area contributed by atoms with Gasteiger partial charge < -0.3 is 0 Å². The first-order valence-corrected chi connectivity index (χ1v) is 6.04. The highest BCUT2D eigenvalue weighted by atomic mass is 35.5. The molecule has 17 heavy (non-hydrogen) atoms. The standard InChI is InChI=1S/C13H8Cl3N/c14-10-5-3-6-11(15)9(10)8-17-13-7-2-1-4-12(13)16/h1-8H/b17-8+. The third-order valence-electron chi connectivity index (χ3n) is 2.18. The second kappa shape index (κ2) is 5.54. The first-order chi connectivity index (χ1) is 8.18. The van der Waals surface area contributed by atoms with E-state index in [-0.39, 0.29) is 0 Å². The summed E-state index contributed by atoms with van der Waals surface area (Å²) >= 11 is 18.0. The van der Waals surface area contributed by atoms with E-state index in [2.05, 4.69) is 4.99 Å². The number of hydrogen-bond acceptors (Lipinski definition) is 1. The Labute approximate surface area is 115 Å². The fourth-order valence-corrected chi connectivity index (χ4v) is 2.00. The third kappa shape index (κ3) is 3.01. The SMILES string of the molecule is Clc1ccccc1/N=C/c1c(Cl)cccc1Cl. The lowest BCUT2D eigenvalue weighted by Crippen LogP contribution is -1.84. The Balaban J connectivity index is 2.36. The fourth-order valence-electron chi connectivity index (χ4n) is 1.32. The summed E-state index contributed by atoms with van der Waals surface area (Å²) in [6.07, 6.45) is 1.62. The number of nitrogens with zero attached hydrogens (tertiary/aromatic N) is 1. The zero-order chi connectivity index (χ0) is 12.3. The molecular formula is C13H8Cl3N. The third-order valence-corrected chi connectivity index (χ3v) is 3.16. The van der Waals surface area contributed by atoms with Gasteiger partial charge in [-0.1, -0.05) is 53.0 Å². The first-order valence-electron chi connectivity index (χ1n) is 4.91. The molecule has 0 bridgehead atoms. The van der Waals surface area contributed by atoms with Gasteiger partial charge in [-0.05, 0) is 24.3 Å². The molecule has 0 fully saturated rings. The van der Waals surface area contributed by atoms with Crippen LogP contribution in [-0.4, -0.2) is 6.21 Å². The molecule has 86 valence electrons. The minimum absolute atomic E-state index is 0.563. The molecule has 0 heterocycles. The number of rotatable bonds is 2. The summed E-state index contributed by atoms with van der Waals surface area (Å²) in [6.45, 7) is 0. The number of hydrogen-bond donors (Lipinski definition) is 0. The van der Waals surface area contributed by atoms with Gasteiger partial charge in [0, 0.05) is 11.8 Å². The van der Waals surface area contributed by atoms with Crippen molar-refractivity contribution in [2.24, 2.45) is 4.99 Å². The Morgan fingerprint density at radius 3 is 2.00 bits per heavy atom. The Morgan fingerprint density at radius 1 is 0.765 bits per heavy atom. The number of halogens is 3. The molecule has 1 nitrogen and oxygen atoms in total. The van der Waals surface area contributed by atoms with Crippen molar-refractivity contribution in [3.8, 4) is 0 Å². The van der Waals surface area contributed by atoms with Crippen LogP contribution in [0.1, 0.15) is 5.56 Å². The maximum atomic E-state index is 6.03. The van der Waals surface area contributed by atoms with E-state index in [0.717, 1.165) is 0 Å². The van der Waals surface area contributed by atoms with Crippen LogP contribution in [0.15, 0.2) is 47.5 Å². The quantitative estimate of drug-likeness (QED) is 0.655. The minimum Gasteiger partial charge on any atom is -0.255 e. The zero-order valence-electron chi connectivity index (χ0n) is 8.70. The van der Waals surface area contributed by atoms with Crippen LogP contribution in [0.2, 0.25) is 15.1 Å². The molecule has 0 aliphatic carbocycles. The minimum atomic E-state index is 0.563. The number of para-hydroxylation sites is 1. The van der Waals surface area contributed by atoms with Crippen molar-refractivity contribution in [1.29, 1.82) is 0 Å². The van der Waals surface area contributed by atoms with Crippen LogP contribution in [0, 0.1) is 0 Å². The average Bonchev–Trinajstić information content (AvgIpc) is 2.30. The first kappa shape index (κ1) is 12.4. The zero-order valence-corrected chi connectivity index (χ0v) is 11.0. The molecule has 0 spiro atoms. The van der Waals surface area contributed by atoms with Crippen molar-refractivity contribution in [1.82, 2.24) is 0 Å². The topological polar surface area (TPSA) is 12.4 Å². The van der Waals surface area contributed by atoms with E-state index in [9.17, 15) is 0 Å². The molecule has 0 aliphatic rings. The van der Waals surface area contributed by atoms with Crippen molar-refractivity contribution in [2.45, 2.75) is 0 Å². The lowest BCUT2D eigenvalue weighted by Gasteiger charge is -2.01. The van der Waals surface area contributed by atoms with Gasteiger partial charge in [-0.15, -0.1) is 0 Å². The van der Waals surface area contributed by atoms with E-state index in [1.807, 2.05) is 18.2 Å². The van der Waals surface area contributed by atoms with Gasteiger partial charge in [-0.3, -0.25) is 4.99 Å². The average molecular weight is 285 g/mol. The summed E-state index contributed by atoms with van der Waals surface area (Å²) in [6, 6.07) is 12.6. The molecule has 0 unspecified atom stereocenters. The smallest absolute Gasteiger partial charge is 0.0816 e. The van der Waals surface area contributed by atoms with E-state index in [0.29, 0.717) is 26.3 Å². The lowest BCUT2D eigenvalue weighted by atomic mass is 10.2. The Kier molecular flexibility index (Phi) is 4.06. The van der Waals surface area contributed by atoms with E-state index < -0.39 is 0 Å². The van der Waals surface area contributed by atoms with Gasteiger partial charge in [0.25, 0.3) is 0 Å². The molecule has 0 radical (unpaired) electrons. The van der Waals surface area contributed by atoms with Crippen LogP contribution < -0.4 is 0 Å². The molecule has 4 heteroatoms. The summed E-state index contributed by atoms with van der Waals surface area (Å²) < 4.78 is 0. The van der Waals surface area contributed by atoms with Crippen molar-refractivity contribution < 1.29 is 0 Å². The van der Waals surface area contributed by atoms with Crippen LogP contribution in [0.4, 0.5) is 5.69 Å². The van der Waals surface area contributed by atoms with E-state index >= 15 is 0 Å². The highest BCUT2D eigenvalue weighted by molar-refractivity contribution is 6.38. The molecule has 0 saturated heterocycles. The maximum absolute atomic E-state index is 6.03. The van der Waals surface area contributed by atoms with Crippen molar-refractivity contribution in [3.05, 3.63) is 63.1 Å². The van der Waals surface area contributed by atoms with E-state index in [1.165, 1.54) is 0 Å². The van der Waals surface area contributed by atoms with Crippen LogP contribution in [0.3, 0.4) is 0 Å². The largest absolute Gasteiger partial charge is 0.255 e. The normalized spacial score (nSPS) is 11.0. The molecule has 2 aromatic rings. The van der Waals surface area contributed by atoms with E-state index in [4.69, 9.17) is 34.8 Å². The van der Waals surface area contributed by atoms with Crippen molar-refractivity contribution >= 4 is 46.7 Å². The molecule has 0 aliphatic heterocycles. The van der Waals surface area contributed by atoms with Gasteiger partial charge in [0.15, 0.2) is 0 Å². The molecule has 0 atom stereocenters. The summed E-state index contributed by atoms with van der Waals surface area (Å²) in [5.41, 5.74) is 1.38. The Morgan fingerprint density at radius 2 is 1.35 bits per heavy atom. The Bertz CT molecular complexity index is 544. The molecule has 0 aromatic heterocycles. The monoisotopic (exact) mass is 283 g/mol. The van der Waals surface area contributed by atoms with Crippen molar-refractivity contribution in [2.75, 3.05) is 0 Å². The lowest BCUT2D eigenvalue weighted by molar-refractivity contribution is 1.52. The molecular weight excluding hydrogens is 277 g/mol. The van der Waals surface area contributed by atoms with Gasteiger partial charge in [-0.25, -0.2) is 0 Å². The number of aliphatic imine (C=N–C) groups is 1. The highest BCUT2D eigenvalue weighted by Crippen LogP contribution is 2.26. The van der Waals surface area contributed by atoms with Gasteiger partial charge in [0.2, 0.25) is 0 Å². The molecule has 2 aromatic carbocycles. The van der Waals surface area contributed by atoms with Crippen LogP contribution in [0.25, 0.3) is 0 Å². The second-order valence-corrected chi connectivity index (χ2v) is 4.57. The van der Waals surface area contributed by atoms with Gasteiger partial charge in [0.1, 0.15) is 0 Å². The number of benzene rings is 2. The van der Waals surface area contributed by atoms with Crippen LogP contribution in [-0.2, 0) is 0 Å². The predicted octanol–water partition coefficient (Wildman–Crippen LogP) is 5.40. The molecule has 0 saturated carbocycles. The summed E-state index contributed by atoms with van der Waals surface area (Å²) in [7, 11) is 0. The van der Waals surface area contributed by atoms with Gasteiger partial charge in [-0.2, -0.15) is 0 Å². The van der Waals surface area contributed by atoms with Crippen LogP contribution in [0.5, 0.6) is 0 Å². The van der Waals surface area contributed by atoms with E-state index in [1.54, 1.807) is 30.5 Å². The molecule has 2 rings (SSSR count). The van der Waals surface area contributed by atoms with Gasteiger partial charge in [0.05, 0.1) is 20.8 Å². The molecule has 0 N–H and O–H groups in total. The van der Waals surface area contributed by atoms with Crippen molar-refractivity contribution in [3.63, 3.8) is 0 Å². The van der Waals surface area contributed by atoms with Gasteiger partial charge >= 0.3 is 0 Å². The fraction of sp³-hybridized carbons (Fsp3) is 0. The highest BCUT2D eigenvalue weighted by Gasteiger charge is 2.02. The summed E-state index contributed by atoms with van der Waals surface area (Å²) in [4.78, 5) is 4.27. The second-order valence-electron chi connectivity index (χ2n) is 3.34. The maximum Gasteiger partial charge on any atom is 0.0816 e.